The van der Waals surface area contributed by atoms with Gasteiger partial charge in [0.05, 0.1) is 31.3 Å². The Morgan fingerprint density at radius 1 is 1.42 bits per heavy atom. The minimum Gasteiger partial charge on any atom is -0.479 e. The van der Waals surface area contributed by atoms with E-state index in [1.54, 1.807) is 18.7 Å². The van der Waals surface area contributed by atoms with Crippen LogP contribution in [-0.2, 0) is 23.1 Å². The molecule has 9 heteroatoms. The lowest BCUT2D eigenvalue weighted by Gasteiger charge is -2.09. The van der Waals surface area contributed by atoms with Crippen molar-refractivity contribution in [2.75, 3.05) is 19.5 Å². The van der Waals surface area contributed by atoms with Gasteiger partial charge in [-0.2, -0.15) is 15.2 Å². The van der Waals surface area contributed by atoms with E-state index < -0.39 is 5.97 Å². The quantitative estimate of drug-likeness (QED) is 0.503. The van der Waals surface area contributed by atoms with Crippen LogP contribution in [0.15, 0.2) is 11.2 Å². The highest BCUT2D eigenvalue weighted by Gasteiger charge is 2.22. The number of hydrogen-bond donors (Lipinski definition) is 1. The van der Waals surface area contributed by atoms with E-state index in [1.165, 1.54) is 18.0 Å². The van der Waals surface area contributed by atoms with Gasteiger partial charge in [-0.3, -0.25) is 9.36 Å². The van der Waals surface area contributed by atoms with Gasteiger partial charge in [-0.15, -0.1) is 0 Å². The summed E-state index contributed by atoms with van der Waals surface area (Å²) in [6.45, 7) is 6.36. The highest BCUT2D eigenvalue weighted by molar-refractivity contribution is 6.01. The molecule has 0 aliphatic rings. The predicted molar refractivity (Wildman–Crippen MR) is 89.4 cm³/mol. The molecule has 0 spiro atoms. The molecule has 2 aromatic rings. The third-order valence-electron chi connectivity index (χ3n) is 3.48. The number of methoxy groups -OCH3 is 1. The molecule has 0 atom stereocenters. The lowest BCUT2D eigenvalue weighted by molar-refractivity contribution is 0.0527. The highest BCUT2D eigenvalue weighted by Crippen LogP contribution is 2.24. The number of ether oxygens (including phenoxy) is 2. The molecule has 0 aliphatic heterocycles. The number of nitrogens with zero attached hydrogens (tertiary/aromatic N) is 5. The van der Waals surface area contributed by atoms with Crippen molar-refractivity contribution < 1.29 is 14.3 Å². The van der Waals surface area contributed by atoms with E-state index in [2.05, 4.69) is 15.2 Å². The van der Waals surface area contributed by atoms with E-state index in [9.17, 15) is 4.79 Å². The van der Waals surface area contributed by atoms with Gasteiger partial charge in [-0.25, -0.2) is 4.79 Å². The van der Waals surface area contributed by atoms with Gasteiger partial charge in [0, 0.05) is 13.6 Å². The Bertz CT molecular complexity index is 775. The summed E-state index contributed by atoms with van der Waals surface area (Å²) < 4.78 is 13.6. The van der Waals surface area contributed by atoms with Gasteiger partial charge in [-0.05, 0) is 20.8 Å². The van der Waals surface area contributed by atoms with E-state index >= 15 is 0 Å². The van der Waals surface area contributed by atoms with Gasteiger partial charge in [0.15, 0.2) is 5.82 Å². The Balaban J connectivity index is 2.57. The number of carbonyl (C=O) groups excluding carboxylic acids is 1. The summed E-state index contributed by atoms with van der Waals surface area (Å²) in [6, 6.07) is 0. The van der Waals surface area contributed by atoms with Gasteiger partial charge in [0.2, 0.25) is 5.90 Å². The number of rotatable bonds is 5. The molecule has 2 N–H and O–H groups in total. The summed E-state index contributed by atoms with van der Waals surface area (Å²) in [5, 5.41) is 8.42. The van der Waals surface area contributed by atoms with Crippen molar-refractivity contribution in [3.8, 4) is 0 Å². The van der Waals surface area contributed by atoms with Crippen molar-refractivity contribution in [1.82, 2.24) is 19.6 Å². The monoisotopic (exact) mass is 334 g/mol. The van der Waals surface area contributed by atoms with Crippen LogP contribution in [0.3, 0.4) is 0 Å². The number of esters is 1. The Kier molecular flexibility index (Phi) is 5.22. The molecule has 2 aromatic heterocycles. The van der Waals surface area contributed by atoms with Crippen LogP contribution in [0.4, 0.5) is 11.5 Å². The van der Waals surface area contributed by atoms with Crippen LogP contribution < -0.4 is 5.73 Å². The van der Waals surface area contributed by atoms with Crippen LogP contribution in [0.25, 0.3) is 0 Å². The van der Waals surface area contributed by atoms with Gasteiger partial charge in [0.1, 0.15) is 11.3 Å². The second kappa shape index (κ2) is 7.16. The first-order valence-electron chi connectivity index (χ1n) is 7.59. The first-order chi connectivity index (χ1) is 11.4. The number of hydrogen-bond acceptors (Lipinski definition) is 7. The van der Waals surface area contributed by atoms with E-state index in [0.717, 1.165) is 0 Å². The summed E-state index contributed by atoms with van der Waals surface area (Å²) >= 11 is 0. The third kappa shape index (κ3) is 3.10. The fourth-order valence-electron chi connectivity index (χ4n) is 2.26. The van der Waals surface area contributed by atoms with Crippen molar-refractivity contribution in [3.63, 3.8) is 0 Å². The maximum absolute atomic E-state index is 12.1. The molecule has 0 radical (unpaired) electrons. The van der Waals surface area contributed by atoms with Crippen LogP contribution in [0.2, 0.25) is 0 Å². The molecule has 0 amide bonds. The Morgan fingerprint density at radius 3 is 2.71 bits per heavy atom. The topological polar surface area (TPSA) is 110 Å². The number of aryl methyl sites for hydroxylation is 3. The molecular weight excluding hydrogens is 312 g/mol. The van der Waals surface area contributed by atoms with Crippen LogP contribution in [0, 0.1) is 6.92 Å². The molecule has 2 rings (SSSR count). The number of aliphatic imine (C=N–C) groups is 1. The SMILES string of the molecule is CCOC(=O)c1cnn(C)c1/N=C(\OC)c1c(N)c(C)nn1CC. The maximum Gasteiger partial charge on any atom is 0.343 e. The van der Waals surface area contributed by atoms with Gasteiger partial charge >= 0.3 is 5.97 Å². The molecule has 2 heterocycles. The molecule has 9 nitrogen and oxygen atoms in total. The molecule has 0 aromatic carbocycles. The number of nitrogens with two attached hydrogens (primary N) is 1. The molecule has 0 fully saturated rings. The molecule has 24 heavy (non-hydrogen) atoms. The minimum absolute atomic E-state index is 0.254. The molecule has 0 saturated heterocycles. The zero-order valence-electron chi connectivity index (χ0n) is 14.5. The zero-order valence-corrected chi connectivity index (χ0v) is 14.5. The fourth-order valence-corrected chi connectivity index (χ4v) is 2.26. The minimum atomic E-state index is -0.493. The fraction of sp³-hybridized carbons (Fsp3) is 0.467. The van der Waals surface area contributed by atoms with Gasteiger partial charge in [0.25, 0.3) is 0 Å². The molecular formula is C15H22N6O3. The molecule has 0 aliphatic carbocycles. The summed E-state index contributed by atoms with van der Waals surface area (Å²) in [5.74, 6) is 0.0864. The van der Waals surface area contributed by atoms with Crippen molar-refractivity contribution in [2.24, 2.45) is 12.0 Å². The molecule has 0 unspecified atom stereocenters. The maximum atomic E-state index is 12.1. The summed E-state index contributed by atoms with van der Waals surface area (Å²) in [6.07, 6.45) is 1.41. The van der Waals surface area contributed by atoms with E-state index in [0.29, 0.717) is 29.4 Å². The Morgan fingerprint density at radius 2 is 2.12 bits per heavy atom. The smallest absolute Gasteiger partial charge is 0.343 e. The molecule has 0 bridgehead atoms. The number of aromatic nitrogens is 4. The summed E-state index contributed by atoms with van der Waals surface area (Å²) in [5.41, 5.74) is 8.10. The van der Waals surface area contributed by atoms with Crippen molar-refractivity contribution in [1.29, 1.82) is 0 Å². The standard InChI is InChI=1S/C15H22N6O3/c1-6-21-12(11(16)9(3)19-21)14(23-5)18-13-10(8-17-20(13)4)15(22)24-7-2/h8H,6-7,16H2,1-5H3/b18-14-. The molecule has 130 valence electrons. The van der Waals surface area contributed by atoms with Crippen LogP contribution in [0.1, 0.15) is 35.6 Å². The second-order valence-corrected chi connectivity index (χ2v) is 5.01. The van der Waals surface area contributed by atoms with Crippen molar-refractivity contribution in [2.45, 2.75) is 27.3 Å². The molecule has 0 saturated carbocycles. The van der Waals surface area contributed by atoms with Crippen LogP contribution >= 0.6 is 0 Å². The number of anilines is 1. The van der Waals surface area contributed by atoms with Gasteiger partial charge < -0.3 is 15.2 Å². The lowest BCUT2D eigenvalue weighted by Crippen LogP contribution is -2.14. The Hall–Kier alpha value is -2.84. The third-order valence-corrected chi connectivity index (χ3v) is 3.48. The average molecular weight is 334 g/mol. The van der Waals surface area contributed by atoms with E-state index in [1.807, 2.05) is 13.8 Å². The summed E-state index contributed by atoms with van der Waals surface area (Å²) in [4.78, 5) is 16.5. The first kappa shape index (κ1) is 17.5. The number of nitrogen functional groups attached to an aromatic ring is 1. The highest BCUT2D eigenvalue weighted by atomic mass is 16.5. The summed E-state index contributed by atoms with van der Waals surface area (Å²) in [7, 11) is 3.17. The normalized spacial score (nSPS) is 11.6. The lowest BCUT2D eigenvalue weighted by atomic mass is 10.3. The average Bonchev–Trinajstić information content (AvgIpc) is 3.06. The zero-order chi connectivity index (χ0) is 17.9. The van der Waals surface area contributed by atoms with E-state index in [4.69, 9.17) is 15.2 Å². The largest absolute Gasteiger partial charge is 0.479 e. The number of carbonyl (C=O) groups is 1. The van der Waals surface area contributed by atoms with Crippen molar-refractivity contribution in [3.05, 3.63) is 23.1 Å². The second-order valence-electron chi connectivity index (χ2n) is 5.01. The predicted octanol–water partition coefficient (Wildman–Crippen LogP) is 1.43. The van der Waals surface area contributed by atoms with Crippen LogP contribution in [0.5, 0.6) is 0 Å². The van der Waals surface area contributed by atoms with Crippen LogP contribution in [-0.4, -0.2) is 45.1 Å². The first-order valence-corrected chi connectivity index (χ1v) is 7.59. The Labute approximate surface area is 140 Å². The van der Waals surface area contributed by atoms with Crippen molar-refractivity contribution >= 4 is 23.4 Å². The van der Waals surface area contributed by atoms with E-state index in [-0.39, 0.29) is 18.1 Å². The van der Waals surface area contributed by atoms with Gasteiger partial charge in [-0.1, -0.05) is 0 Å².